The quantitative estimate of drug-likeness (QED) is 0.537. The molecule has 4 aromatic rings. The number of nitrogens with zero attached hydrogens (tertiary/aromatic N) is 3. The fourth-order valence-corrected chi connectivity index (χ4v) is 2.45. The van der Waals surface area contributed by atoms with Crippen molar-refractivity contribution in [1.29, 1.82) is 0 Å². The summed E-state index contributed by atoms with van der Waals surface area (Å²) < 4.78 is 20.2. The Balaban J connectivity index is 1.51. The van der Waals surface area contributed by atoms with Crippen LogP contribution < -0.4 is 0 Å². The van der Waals surface area contributed by atoms with E-state index in [4.69, 9.17) is 4.52 Å². The fourth-order valence-electron chi connectivity index (χ4n) is 2.45. The highest BCUT2D eigenvalue weighted by atomic mass is 19.1. The highest BCUT2D eigenvalue weighted by Crippen LogP contribution is 2.19. The van der Waals surface area contributed by atoms with Crippen LogP contribution in [-0.2, 0) is 0 Å². The molecule has 0 aliphatic heterocycles. The largest absolute Gasteiger partial charge is 0.334 e. The lowest BCUT2D eigenvalue weighted by atomic mass is 10.2. The van der Waals surface area contributed by atoms with Crippen LogP contribution in [0.2, 0.25) is 0 Å². The molecule has 5 heteroatoms. The van der Waals surface area contributed by atoms with E-state index in [9.17, 15) is 4.39 Å². The summed E-state index contributed by atoms with van der Waals surface area (Å²) in [6.07, 6.45) is 7.48. The van der Waals surface area contributed by atoms with Crippen LogP contribution in [0.3, 0.4) is 0 Å². The van der Waals surface area contributed by atoms with Crippen LogP contribution in [0.4, 0.5) is 4.39 Å². The zero-order valence-electron chi connectivity index (χ0n) is 13.2. The van der Waals surface area contributed by atoms with Gasteiger partial charge in [0.1, 0.15) is 5.82 Å². The second-order valence-corrected chi connectivity index (χ2v) is 5.48. The standard InChI is InChI=1S/C20H14FN3O/c21-17-8-3-15(4-9-17)5-12-19-22-20(23-25-19)16-6-10-18(11-7-16)24-13-1-2-14-24/h1-14H. The molecule has 0 radical (unpaired) electrons. The van der Waals surface area contributed by atoms with Crippen LogP contribution >= 0.6 is 0 Å². The van der Waals surface area contributed by atoms with E-state index >= 15 is 0 Å². The maximum absolute atomic E-state index is 12.9. The van der Waals surface area contributed by atoms with E-state index in [-0.39, 0.29) is 5.82 Å². The first-order valence-electron chi connectivity index (χ1n) is 7.79. The molecule has 0 spiro atoms. The third-order valence-electron chi connectivity index (χ3n) is 3.76. The Bertz CT molecular complexity index is 984. The number of hydrogen-bond donors (Lipinski definition) is 0. The first-order chi connectivity index (χ1) is 12.3. The summed E-state index contributed by atoms with van der Waals surface area (Å²) in [5, 5.41) is 4.00. The SMILES string of the molecule is Fc1ccc(C=Cc2nc(-c3ccc(-n4cccc4)cc3)no2)cc1. The fraction of sp³-hybridized carbons (Fsp3) is 0. The van der Waals surface area contributed by atoms with E-state index in [0.717, 1.165) is 16.8 Å². The van der Waals surface area contributed by atoms with E-state index in [2.05, 4.69) is 10.1 Å². The van der Waals surface area contributed by atoms with Crippen molar-refractivity contribution >= 4 is 12.2 Å². The molecule has 0 saturated heterocycles. The minimum Gasteiger partial charge on any atom is -0.334 e. The van der Waals surface area contributed by atoms with Crippen molar-refractivity contribution < 1.29 is 8.91 Å². The molecule has 4 nitrogen and oxygen atoms in total. The first-order valence-corrected chi connectivity index (χ1v) is 7.79. The average molecular weight is 331 g/mol. The molecule has 0 unspecified atom stereocenters. The third-order valence-corrected chi connectivity index (χ3v) is 3.76. The molecule has 2 aromatic heterocycles. The molecule has 122 valence electrons. The Kier molecular flexibility index (Phi) is 3.96. The first kappa shape index (κ1) is 15.1. The van der Waals surface area contributed by atoms with Gasteiger partial charge in [-0.3, -0.25) is 0 Å². The predicted molar refractivity (Wildman–Crippen MR) is 94.4 cm³/mol. The number of rotatable bonds is 4. The van der Waals surface area contributed by atoms with Gasteiger partial charge in [-0.1, -0.05) is 17.3 Å². The van der Waals surface area contributed by atoms with Crippen molar-refractivity contribution in [1.82, 2.24) is 14.7 Å². The molecular weight excluding hydrogens is 317 g/mol. The Hall–Kier alpha value is -3.47. The van der Waals surface area contributed by atoms with Crippen molar-refractivity contribution in [2.45, 2.75) is 0 Å². The second kappa shape index (κ2) is 6.57. The lowest BCUT2D eigenvalue weighted by Crippen LogP contribution is -1.89. The van der Waals surface area contributed by atoms with Crippen LogP contribution in [0.15, 0.2) is 77.6 Å². The van der Waals surface area contributed by atoms with Crippen LogP contribution in [-0.4, -0.2) is 14.7 Å². The van der Waals surface area contributed by atoms with Crippen LogP contribution in [0.25, 0.3) is 29.2 Å². The van der Waals surface area contributed by atoms with Gasteiger partial charge in [0.2, 0.25) is 5.82 Å². The summed E-state index contributed by atoms with van der Waals surface area (Å²) in [4.78, 5) is 4.36. The summed E-state index contributed by atoms with van der Waals surface area (Å²) >= 11 is 0. The van der Waals surface area contributed by atoms with Crippen LogP contribution in [0, 0.1) is 5.82 Å². The molecular formula is C20H14FN3O. The molecule has 4 rings (SSSR count). The van der Waals surface area contributed by atoms with Crippen molar-refractivity contribution in [3.63, 3.8) is 0 Å². The van der Waals surface area contributed by atoms with Gasteiger partial charge in [0.25, 0.3) is 5.89 Å². The number of aromatic nitrogens is 3. The third kappa shape index (κ3) is 3.40. The van der Waals surface area contributed by atoms with Crippen molar-refractivity contribution in [2.24, 2.45) is 0 Å². The molecule has 0 amide bonds. The summed E-state index contributed by atoms with van der Waals surface area (Å²) in [6.45, 7) is 0. The van der Waals surface area contributed by atoms with Crippen LogP contribution in [0.5, 0.6) is 0 Å². The maximum atomic E-state index is 12.9. The molecule has 0 saturated carbocycles. The van der Waals surface area contributed by atoms with Crippen molar-refractivity contribution in [3.05, 3.63) is 90.3 Å². The number of benzene rings is 2. The van der Waals surface area contributed by atoms with E-state index in [1.807, 2.05) is 53.4 Å². The Morgan fingerprint density at radius 3 is 2.32 bits per heavy atom. The van der Waals surface area contributed by atoms with Gasteiger partial charge in [-0.05, 0) is 60.2 Å². The summed E-state index contributed by atoms with van der Waals surface area (Å²) in [5.74, 6) is 0.659. The smallest absolute Gasteiger partial charge is 0.250 e. The number of halogens is 1. The van der Waals surface area contributed by atoms with Gasteiger partial charge < -0.3 is 9.09 Å². The molecule has 25 heavy (non-hydrogen) atoms. The molecule has 0 aliphatic carbocycles. The van der Waals surface area contributed by atoms with E-state index in [1.54, 1.807) is 24.3 Å². The van der Waals surface area contributed by atoms with Gasteiger partial charge in [0, 0.05) is 29.7 Å². The van der Waals surface area contributed by atoms with Gasteiger partial charge in [-0.15, -0.1) is 0 Å². The van der Waals surface area contributed by atoms with Gasteiger partial charge in [0.15, 0.2) is 0 Å². The van der Waals surface area contributed by atoms with Gasteiger partial charge in [-0.2, -0.15) is 4.98 Å². The van der Waals surface area contributed by atoms with E-state index in [1.165, 1.54) is 12.1 Å². The zero-order valence-corrected chi connectivity index (χ0v) is 13.2. The Morgan fingerprint density at radius 1 is 0.880 bits per heavy atom. The number of hydrogen-bond acceptors (Lipinski definition) is 3. The Morgan fingerprint density at radius 2 is 1.60 bits per heavy atom. The molecule has 0 bridgehead atoms. The monoisotopic (exact) mass is 331 g/mol. The zero-order chi connectivity index (χ0) is 17.1. The van der Waals surface area contributed by atoms with E-state index < -0.39 is 0 Å². The van der Waals surface area contributed by atoms with Crippen molar-refractivity contribution in [2.75, 3.05) is 0 Å². The summed E-state index contributed by atoms with van der Waals surface area (Å²) in [7, 11) is 0. The second-order valence-electron chi connectivity index (χ2n) is 5.48. The average Bonchev–Trinajstić information content (AvgIpc) is 3.34. The van der Waals surface area contributed by atoms with Crippen molar-refractivity contribution in [3.8, 4) is 17.1 Å². The topological polar surface area (TPSA) is 43.9 Å². The van der Waals surface area contributed by atoms with E-state index in [0.29, 0.717) is 11.7 Å². The summed E-state index contributed by atoms with van der Waals surface area (Å²) in [6, 6.07) is 18.0. The minimum absolute atomic E-state index is 0.263. The Labute approximate surface area is 143 Å². The summed E-state index contributed by atoms with van der Waals surface area (Å²) in [5.41, 5.74) is 2.80. The highest BCUT2D eigenvalue weighted by molar-refractivity contribution is 5.67. The van der Waals surface area contributed by atoms with Gasteiger partial charge >= 0.3 is 0 Å². The predicted octanol–water partition coefficient (Wildman–Crippen LogP) is 4.84. The maximum Gasteiger partial charge on any atom is 0.250 e. The molecule has 0 atom stereocenters. The molecule has 2 aromatic carbocycles. The molecule has 0 aliphatic rings. The molecule has 0 fully saturated rings. The minimum atomic E-state index is -0.263. The van der Waals surface area contributed by atoms with Gasteiger partial charge in [-0.25, -0.2) is 4.39 Å². The molecule has 0 N–H and O–H groups in total. The molecule has 2 heterocycles. The lowest BCUT2D eigenvalue weighted by molar-refractivity contribution is 0.411. The lowest BCUT2D eigenvalue weighted by Gasteiger charge is -2.02. The van der Waals surface area contributed by atoms with Gasteiger partial charge in [0.05, 0.1) is 0 Å². The normalized spacial score (nSPS) is 11.2. The van der Waals surface area contributed by atoms with Crippen LogP contribution in [0.1, 0.15) is 11.5 Å². The highest BCUT2D eigenvalue weighted by Gasteiger charge is 2.07.